The first-order chi connectivity index (χ1) is 12.4. The summed E-state index contributed by atoms with van der Waals surface area (Å²) in [5, 5.41) is 2.74. The zero-order valence-electron chi connectivity index (χ0n) is 16.2. The second-order valence-corrected chi connectivity index (χ2v) is 6.99. The summed E-state index contributed by atoms with van der Waals surface area (Å²) in [7, 11) is 3.37. The van der Waals surface area contributed by atoms with Gasteiger partial charge in [0.05, 0.1) is 18.7 Å². The molecule has 0 radical (unpaired) electrons. The largest absolute Gasteiger partial charge is 0.496 e. The second-order valence-electron chi connectivity index (χ2n) is 6.99. The molecule has 1 aromatic heterocycles. The minimum absolute atomic E-state index is 0.0677. The van der Waals surface area contributed by atoms with Crippen LogP contribution in [0, 0.1) is 26.7 Å². The number of rotatable bonds is 5. The second kappa shape index (κ2) is 7.50. The number of hydrogen-bond donors (Lipinski definition) is 1. The van der Waals surface area contributed by atoms with Crippen LogP contribution in [-0.2, 0) is 11.3 Å². The molecule has 0 aliphatic carbocycles. The standard InChI is InChI=1S/C20H27N3O3/c1-12-9-18(25-5)13(2)8-16(12)20-22-17(14(3)26-20)11-23-7-6-15(10-23)19(24)21-4/h8-9,15H,6-7,10-11H2,1-5H3,(H,21,24). The fourth-order valence-corrected chi connectivity index (χ4v) is 3.54. The Balaban J connectivity index is 1.78. The van der Waals surface area contributed by atoms with Gasteiger partial charge < -0.3 is 14.5 Å². The quantitative estimate of drug-likeness (QED) is 0.891. The van der Waals surface area contributed by atoms with E-state index in [9.17, 15) is 4.79 Å². The molecule has 1 aliphatic rings. The number of amides is 1. The van der Waals surface area contributed by atoms with E-state index in [1.807, 2.05) is 26.8 Å². The molecule has 2 heterocycles. The van der Waals surface area contributed by atoms with Crippen LogP contribution < -0.4 is 10.1 Å². The van der Waals surface area contributed by atoms with Crippen molar-refractivity contribution in [2.45, 2.75) is 33.7 Å². The summed E-state index contributed by atoms with van der Waals surface area (Å²) in [6.07, 6.45) is 0.889. The van der Waals surface area contributed by atoms with Gasteiger partial charge in [-0.1, -0.05) is 0 Å². The van der Waals surface area contributed by atoms with Crippen molar-refractivity contribution in [2.75, 3.05) is 27.2 Å². The Labute approximate surface area is 154 Å². The van der Waals surface area contributed by atoms with Crippen LogP contribution in [0.4, 0.5) is 0 Å². The molecule has 6 heteroatoms. The lowest BCUT2D eigenvalue weighted by Crippen LogP contribution is -2.30. The number of methoxy groups -OCH3 is 1. The third-order valence-corrected chi connectivity index (χ3v) is 5.13. The summed E-state index contributed by atoms with van der Waals surface area (Å²) in [4.78, 5) is 18.8. The molecule has 2 aromatic rings. The number of aromatic nitrogens is 1. The molecule has 140 valence electrons. The Morgan fingerprint density at radius 2 is 2.12 bits per heavy atom. The number of carbonyl (C=O) groups excluding carboxylic acids is 1. The van der Waals surface area contributed by atoms with E-state index in [2.05, 4.69) is 16.3 Å². The number of nitrogens with zero attached hydrogens (tertiary/aromatic N) is 2. The van der Waals surface area contributed by atoms with Gasteiger partial charge in [-0.25, -0.2) is 4.98 Å². The maximum atomic E-state index is 11.8. The number of likely N-dealkylation sites (tertiary alicyclic amines) is 1. The molecule has 0 bridgehead atoms. The van der Waals surface area contributed by atoms with Crippen molar-refractivity contribution in [1.29, 1.82) is 0 Å². The van der Waals surface area contributed by atoms with Crippen molar-refractivity contribution in [2.24, 2.45) is 5.92 Å². The normalized spacial score (nSPS) is 17.5. The minimum Gasteiger partial charge on any atom is -0.496 e. The van der Waals surface area contributed by atoms with E-state index in [1.54, 1.807) is 14.2 Å². The highest BCUT2D eigenvalue weighted by Gasteiger charge is 2.28. The SMILES string of the molecule is CNC(=O)C1CCN(Cc2nc(-c3cc(C)c(OC)cc3C)oc2C)C1. The minimum atomic E-state index is 0.0677. The zero-order chi connectivity index (χ0) is 18.8. The molecule has 0 spiro atoms. The molecule has 1 unspecified atom stereocenters. The molecule has 3 rings (SSSR count). The van der Waals surface area contributed by atoms with Crippen LogP contribution in [0.25, 0.3) is 11.5 Å². The van der Waals surface area contributed by atoms with E-state index in [0.717, 1.165) is 53.4 Å². The van der Waals surface area contributed by atoms with Gasteiger partial charge in [0, 0.05) is 25.7 Å². The van der Waals surface area contributed by atoms with E-state index in [4.69, 9.17) is 14.1 Å². The van der Waals surface area contributed by atoms with E-state index >= 15 is 0 Å². The van der Waals surface area contributed by atoms with Crippen LogP contribution in [0.2, 0.25) is 0 Å². The summed E-state index contributed by atoms with van der Waals surface area (Å²) in [6.45, 7) is 8.37. The first-order valence-electron chi connectivity index (χ1n) is 8.98. The van der Waals surface area contributed by atoms with Gasteiger partial charge in [0.15, 0.2) is 0 Å². The van der Waals surface area contributed by atoms with Gasteiger partial charge in [0.2, 0.25) is 11.8 Å². The van der Waals surface area contributed by atoms with Gasteiger partial charge in [-0.05, 0) is 57.0 Å². The van der Waals surface area contributed by atoms with Crippen LogP contribution in [0.15, 0.2) is 16.5 Å². The van der Waals surface area contributed by atoms with Crippen LogP contribution in [-0.4, -0.2) is 43.0 Å². The summed E-state index contributed by atoms with van der Waals surface area (Å²) in [5.41, 5.74) is 4.05. The molecule has 1 atom stereocenters. The maximum absolute atomic E-state index is 11.8. The number of hydrogen-bond acceptors (Lipinski definition) is 5. The maximum Gasteiger partial charge on any atom is 0.226 e. The predicted molar refractivity (Wildman–Crippen MR) is 100 cm³/mol. The number of aryl methyl sites for hydroxylation is 3. The molecule has 1 saturated heterocycles. The van der Waals surface area contributed by atoms with E-state index in [1.165, 1.54) is 0 Å². The van der Waals surface area contributed by atoms with Gasteiger partial charge in [0.25, 0.3) is 0 Å². The highest BCUT2D eigenvalue weighted by atomic mass is 16.5. The third kappa shape index (κ3) is 3.60. The number of ether oxygens (including phenoxy) is 1. The van der Waals surface area contributed by atoms with Crippen molar-refractivity contribution in [3.05, 3.63) is 34.7 Å². The first kappa shape index (κ1) is 18.5. The average Bonchev–Trinajstić information content (AvgIpc) is 3.23. The van der Waals surface area contributed by atoms with Crippen molar-refractivity contribution in [3.8, 4) is 17.2 Å². The van der Waals surface area contributed by atoms with Gasteiger partial charge in [0.1, 0.15) is 11.5 Å². The molecule has 1 aliphatic heterocycles. The molecule has 26 heavy (non-hydrogen) atoms. The highest BCUT2D eigenvalue weighted by molar-refractivity contribution is 5.78. The number of oxazole rings is 1. The topological polar surface area (TPSA) is 67.6 Å². The summed E-state index contributed by atoms with van der Waals surface area (Å²) < 4.78 is 11.3. The van der Waals surface area contributed by atoms with Gasteiger partial charge >= 0.3 is 0 Å². The number of carbonyl (C=O) groups is 1. The molecular weight excluding hydrogens is 330 g/mol. The van der Waals surface area contributed by atoms with Crippen LogP contribution in [0.5, 0.6) is 5.75 Å². The molecule has 1 amide bonds. The summed E-state index contributed by atoms with van der Waals surface area (Å²) in [6, 6.07) is 4.07. The Kier molecular flexibility index (Phi) is 5.32. The summed E-state index contributed by atoms with van der Waals surface area (Å²) >= 11 is 0. The molecule has 0 saturated carbocycles. The van der Waals surface area contributed by atoms with E-state index in [-0.39, 0.29) is 11.8 Å². The average molecular weight is 357 g/mol. The van der Waals surface area contributed by atoms with Crippen molar-refractivity contribution in [3.63, 3.8) is 0 Å². The van der Waals surface area contributed by atoms with Gasteiger partial charge in [-0.15, -0.1) is 0 Å². The Bertz CT molecular complexity index is 813. The fraction of sp³-hybridized carbons (Fsp3) is 0.500. The molecular formula is C20H27N3O3. The Hall–Kier alpha value is -2.34. The predicted octanol–water partition coefficient (Wildman–Crippen LogP) is 2.84. The zero-order valence-corrected chi connectivity index (χ0v) is 16.2. The summed E-state index contributed by atoms with van der Waals surface area (Å²) in [5.74, 6) is 2.53. The Morgan fingerprint density at radius 3 is 2.81 bits per heavy atom. The number of nitrogens with one attached hydrogen (secondary N) is 1. The third-order valence-electron chi connectivity index (χ3n) is 5.13. The highest BCUT2D eigenvalue weighted by Crippen LogP contribution is 2.31. The van der Waals surface area contributed by atoms with Crippen LogP contribution in [0.3, 0.4) is 0 Å². The van der Waals surface area contributed by atoms with E-state index in [0.29, 0.717) is 12.4 Å². The molecule has 1 aromatic carbocycles. The van der Waals surface area contributed by atoms with Gasteiger partial charge in [-0.2, -0.15) is 0 Å². The lowest BCUT2D eigenvalue weighted by Gasteiger charge is -2.14. The van der Waals surface area contributed by atoms with Crippen molar-refractivity contribution in [1.82, 2.24) is 15.2 Å². The van der Waals surface area contributed by atoms with Crippen LogP contribution in [0.1, 0.15) is 29.0 Å². The molecule has 1 fully saturated rings. The van der Waals surface area contributed by atoms with Crippen molar-refractivity contribution < 1.29 is 13.9 Å². The molecule has 1 N–H and O–H groups in total. The Morgan fingerprint density at radius 1 is 1.35 bits per heavy atom. The van der Waals surface area contributed by atoms with Gasteiger partial charge in [-0.3, -0.25) is 9.69 Å². The lowest BCUT2D eigenvalue weighted by molar-refractivity contribution is -0.124. The number of benzene rings is 1. The lowest BCUT2D eigenvalue weighted by atomic mass is 10.0. The first-order valence-corrected chi connectivity index (χ1v) is 8.98. The monoisotopic (exact) mass is 357 g/mol. The molecule has 6 nitrogen and oxygen atoms in total. The van der Waals surface area contributed by atoms with Crippen molar-refractivity contribution >= 4 is 5.91 Å². The fourth-order valence-electron chi connectivity index (χ4n) is 3.54. The smallest absolute Gasteiger partial charge is 0.226 e. The van der Waals surface area contributed by atoms with Crippen LogP contribution >= 0.6 is 0 Å². The van der Waals surface area contributed by atoms with E-state index < -0.39 is 0 Å².